The summed E-state index contributed by atoms with van der Waals surface area (Å²) in [7, 11) is 0. The molecule has 6 nitrogen and oxygen atoms in total. The van der Waals surface area contributed by atoms with Crippen LogP contribution in [0, 0.1) is 23.7 Å². The van der Waals surface area contributed by atoms with Gasteiger partial charge in [0.25, 0.3) is 0 Å². The topological polar surface area (TPSA) is 99.4 Å². The summed E-state index contributed by atoms with van der Waals surface area (Å²) in [5.74, 6) is 11.0. The van der Waals surface area contributed by atoms with Gasteiger partial charge in [0, 0.05) is 6.42 Å². The van der Waals surface area contributed by atoms with Crippen LogP contribution in [0.2, 0.25) is 0 Å². The molecule has 0 saturated carbocycles. The summed E-state index contributed by atoms with van der Waals surface area (Å²) in [6.07, 6.45) is -1.33. The highest BCUT2D eigenvalue weighted by Gasteiger charge is 2.43. The molecule has 1 aliphatic rings. The van der Waals surface area contributed by atoms with Crippen molar-refractivity contribution in [3.63, 3.8) is 0 Å². The number of hydrogen-bond donors (Lipinski definition) is 4. The molecule has 0 radical (unpaired) electrons. The third kappa shape index (κ3) is 5.78. The predicted molar refractivity (Wildman–Crippen MR) is 79.3 cm³/mol. The summed E-state index contributed by atoms with van der Waals surface area (Å²) < 4.78 is 10.4. The van der Waals surface area contributed by atoms with Gasteiger partial charge in [0.2, 0.25) is 0 Å². The van der Waals surface area contributed by atoms with E-state index in [1.807, 2.05) is 6.92 Å². The van der Waals surface area contributed by atoms with Crippen molar-refractivity contribution in [1.82, 2.24) is 0 Å². The van der Waals surface area contributed by atoms with Crippen LogP contribution in [-0.2, 0) is 9.47 Å². The van der Waals surface area contributed by atoms with Crippen LogP contribution >= 0.6 is 0 Å². The second-order valence-corrected chi connectivity index (χ2v) is 4.75. The molecule has 0 unspecified atom stereocenters. The monoisotopic (exact) mass is 310 g/mol. The highest BCUT2D eigenvalue weighted by molar-refractivity contribution is 5.30. The molecule has 0 aromatic rings. The molecule has 0 amide bonds. The van der Waals surface area contributed by atoms with Crippen molar-refractivity contribution in [2.75, 3.05) is 13.2 Å². The average Bonchev–Trinajstić information content (AvgIpc) is 2.53. The van der Waals surface area contributed by atoms with Gasteiger partial charge in [-0.15, -0.1) is 0 Å². The second kappa shape index (κ2) is 10.4. The van der Waals surface area contributed by atoms with Crippen LogP contribution in [0.5, 0.6) is 0 Å². The number of hydrogen-bond acceptors (Lipinski definition) is 6. The van der Waals surface area contributed by atoms with Gasteiger partial charge < -0.3 is 29.9 Å². The van der Waals surface area contributed by atoms with E-state index in [1.165, 1.54) is 0 Å². The maximum atomic E-state index is 9.73. The highest BCUT2D eigenvalue weighted by Crippen LogP contribution is 2.21. The molecule has 1 fully saturated rings. The SMILES string of the molecule is CCCC#CC#C/C=C/CO[C@@H]1O[C@H](CO)[C@@H](O)[C@H](O)[C@H]1O. The van der Waals surface area contributed by atoms with Gasteiger partial charge in [0.15, 0.2) is 6.29 Å². The molecule has 0 aliphatic carbocycles. The number of unbranched alkanes of at least 4 members (excludes halogenated alkanes) is 1. The summed E-state index contributed by atoms with van der Waals surface area (Å²) in [6.45, 7) is 1.65. The van der Waals surface area contributed by atoms with Gasteiger partial charge in [-0.1, -0.05) is 24.8 Å². The van der Waals surface area contributed by atoms with E-state index in [0.717, 1.165) is 12.8 Å². The Morgan fingerprint density at radius 2 is 1.91 bits per heavy atom. The van der Waals surface area contributed by atoms with Gasteiger partial charge in [-0.05, 0) is 24.3 Å². The van der Waals surface area contributed by atoms with Crippen LogP contribution in [0.15, 0.2) is 12.2 Å². The smallest absolute Gasteiger partial charge is 0.187 e. The van der Waals surface area contributed by atoms with Crippen LogP contribution in [0.4, 0.5) is 0 Å². The van der Waals surface area contributed by atoms with Crippen molar-refractivity contribution in [2.24, 2.45) is 0 Å². The Labute approximate surface area is 130 Å². The zero-order valence-corrected chi connectivity index (χ0v) is 12.5. The van der Waals surface area contributed by atoms with Crippen LogP contribution in [-0.4, -0.2) is 64.3 Å². The first kappa shape index (κ1) is 18.7. The number of aliphatic hydroxyl groups is 4. The molecule has 22 heavy (non-hydrogen) atoms. The molecule has 122 valence electrons. The fourth-order valence-electron chi connectivity index (χ4n) is 1.77. The first-order valence-electron chi connectivity index (χ1n) is 7.17. The minimum absolute atomic E-state index is 0.0970. The third-order valence-electron chi connectivity index (χ3n) is 3.00. The Morgan fingerprint density at radius 1 is 1.14 bits per heavy atom. The lowest BCUT2D eigenvalue weighted by Crippen LogP contribution is -2.59. The summed E-state index contributed by atoms with van der Waals surface area (Å²) in [6, 6.07) is 0. The predicted octanol–water partition coefficient (Wildman–Crippen LogP) is -0.834. The number of aliphatic hydroxyl groups excluding tert-OH is 4. The van der Waals surface area contributed by atoms with E-state index in [4.69, 9.17) is 14.6 Å². The molecule has 1 rings (SSSR count). The summed E-state index contributed by atoms with van der Waals surface area (Å²) in [4.78, 5) is 0. The van der Waals surface area contributed by atoms with Gasteiger partial charge in [0.1, 0.15) is 24.4 Å². The van der Waals surface area contributed by atoms with Crippen molar-refractivity contribution in [3.8, 4) is 23.7 Å². The minimum Gasteiger partial charge on any atom is -0.394 e. The van der Waals surface area contributed by atoms with Crippen molar-refractivity contribution in [1.29, 1.82) is 0 Å². The molecule has 0 spiro atoms. The largest absolute Gasteiger partial charge is 0.394 e. The fraction of sp³-hybridized carbons (Fsp3) is 0.625. The van der Waals surface area contributed by atoms with E-state index < -0.39 is 37.3 Å². The van der Waals surface area contributed by atoms with Gasteiger partial charge >= 0.3 is 0 Å². The molecule has 4 N–H and O–H groups in total. The van der Waals surface area contributed by atoms with Gasteiger partial charge in [-0.2, -0.15) is 0 Å². The fourth-order valence-corrected chi connectivity index (χ4v) is 1.77. The standard InChI is InChI=1S/C16H22O6/c1-2-3-4-5-6-7-8-9-10-21-16-15(20)14(19)13(18)12(11-17)22-16/h8-9,12-20H,2-3,10-11H2,1H3/b9-8+/t12-,13-,14+,15-,16-/m1/s1. The van der Waals surface area contributed by atoms with Crippen LogP contribution in [0.3, 0.4) is 0 Å². The molecule has 0 aromatic heterocycles. The van der Waals surface area contributed by atoms with Crippen LogP contribution in [0.1, 0.15) is 19.8 Å². The number of rotatable bonds is 5. The molecule has 1 heterocycles. The van der Waals surface area contributed by atoms with E-state index in [0.29, 0.717) is 0 Å². The molecule has 6 heteroatoms. The first-order valence-corrected chi connectivity index (χ1v) is 7.17. The maximum absolute atomic E-state index is 9.73. The zero-order chi connectivity index (χ0) is 16.4. The molecule has 1 saturated heterocycles. The number of allylic oxidation sites excluding steroid dienone is 1. The zero-order valence-electron chi connectivity index (χ0n) is 12.5. The third-order valence-corrected chi connectivity index (χ3v) is 3.00. The van der Waals surface area contributed by atoms with Gasteiger partial charge in [0.05, 0.1) is 13.2 Å². The van der Waals surface area contributed by atoms with E-state index in [-0.39, 0.29) is 6.61 Å². The first-order chi connectivity index (χ1) is 10.6. The normalized spacial score (nSPS) is 31.2. The van der Waals surface area contributed by atoms with Crippen LogP contribution < -0.4 is 0 Å². The molecule has 1 aliphatic heterocycles. The van der Waals surface area contributed by atoms with E-state index in [1.54, 1.807) is 12.2 Å². The lowest BCUT2D eigenvalue weighted by atomic mass is 9.99. The quantitative estimate of drug-likeness (QED) is 0.495. The Morgan fingerprint density at radius 3 is 2.59 bits per heavy atom. The maximum Gasteiger partial charge on any atom is 0.187 e. The summed E-state index contributed by atoms with van der Waals surface area (Å²) >= 11 is 0. The highest BCUT2D eigenvalue weighted by atomic mass is 16.7. The van der Waals surface area contributed by atoms with Crippen molar-refractivity contribution >= 4 is 0 Å². The number of ether oxygens (including phenoxy) is 2. The van der Waals surface area contributed by atoms with Gasteiger partial charge in [-0.3, -0.25) is 0 Å². The average molecular weight is 310 g/mol. The Bertz CT molecular complexity index is 464. The van der Waals surface area contributed by atoms with E-state index in [2.05, 4.69) is 23.7 Å². The summed E-state index contributed by atoms with van der Waals surface area (Å²) in [5.41, 5.74) is 0. The van der Waals surface area contributed by atoms with Crippen molar-refractivity contribution < 1.29 is 29.9 Å². The Kier molecular flexibility index (Phi) is 8.79. The van der Waals surface area contributed by atoms with Crippen molar-refractivity contribution in [2.45, 2.75) is 50.5 Å². The van der Waals surface area contributed by atoms with Crippen LogP contribution in [0.25, 0.3) is 0 Å². The Hall–Kier alpha value is -1.38. The molecule has 0 bridgehead atoms. The second-order valence-electron chi connectivity index (χ2n) is 4.75. The Balaban J connectivity index is 2.39. The molecular formula is C16H22O6. The van der Waals surface area contributed by atoms with Crippen molar-refractivity contribution in [3.05, 3.63) is 12.2 Å². The molecular weight excluding hydrogens is 288 g/mol. The van der Waals surface area contributed by atoms with E-state index in [9.17, 15) is 15.3 Å². The van der Waals surface area contributed by atoms with E-state index >= 15 is 0 Å². The van der Waals surface area contributed by atoms with Gasteiger partial charge in [-0.25, -0.2) is 0 Å². The lowest BCUT2D eigenvalue weighted by molar-refractivity contribution is -0.298. The lowest BCUT2D eigenvalue weighted by Gasteiger charge is -2.39. The minimum atomic E-state index is -1.44. The molecule has 0 aromatic carbocycles. The molecule has 5 atom stereocenters. The summed E-state index contributed by atoms with van der Waals surface area (Å²) in [5, 5.41) is 38.0.